The van der Waals surface area contributed by atoms with Crippen molar-refractivity contribution in [2.24, 2.45) is 0 Å². The van der Waals surface area contributed by atoms with Crippen LogP contribution in [0.2, 0.25) is 19.6 Å². The van der Waals surface area contributed by atoms with E-state index in [2.05, 4.69) is 50.5 Å². The Hall–Kier alpha value is -0.863. The van der Waals surface area contributed by atoms with Gasteiger partial charge in [-0.15, -0.1) is 0 Å². The number of rotatable bonds is 5. The fraction of sp³-hybridized carbons (Fsp3) is 0.429. The Bertz CT molecular complexity index is 324. The Morgan fingerprint density at radius 2 is 1.81 bits per heavy atom. The zero-order valence-corrected chi connectivity index (χ0v) is 11.7. The van der Waals surface area contributed by atoms with Crippen LogP contribution in [-0.2, 0) is 11.3 Å². The van der Waals surface area contributed by atoms with Crippen molar-refractivity contribution in [3.8, 4) is 0 Å². The van der Waals surface area contributed by atoms with Gasteiger partial charge in [0, 0.05) is 0 Å². The quantitative estimate of drug-likeness (QED) is 0.699. The van der Waals surface area contributed by atoms with Crippen molar-refractivity contribution in [1.29, 1.82) is 0 Å². The summed E-state index contributed by atoms with van der Waals surface area (Å²) in [6.45, 7) is 9.77. The van der Waals surface area contributed by atoms with Gasteiger partial charge >= 0.3 is 0 Å². The molecule has 0 aliphatic rings. The molecule has 2 heteroatoms. The lowest BCUT2D eigenvalue weighted by atomic mass is 10.2. The van der Waals surface area contributed by atoms with Crippen LogP contribution in [-0.4, -0.2) is 14.2 Å². The molecule has 0 fully saturated rings. The molecule has 0 amide bonds. The molecule has 0 aliphatic heterocycles. The van der Waals surface area contributed by atoms with Crippen molar-refractivity contribution >= 4 is 8.07 Å². The van der Waals surface area contributed by atoms with Gasteiger partial charge in [0.15, 0.2) is 0 Å². The maximum Gasteiger partial charge on any atom is 0.0728 e. The summed E-state index contributed by atoms with van der Waals surface area (Å²) in [5.74, 6) is 0. The monoisotopic (exact) mass is 234 g/mol. The van der Waals surface area contributed by atoms with E-state index in [0.29, 0.717) is 6.61 Å². The Morgan fingerprint density at radius 1 is 1.19 bits per heavy atom. The lowest BCUT2D eigenvalue weighted by molar-refractivity contribution is 0.0841. The van der Waals surface area contributed by atoms with Gasteiger partial charge in [-0.05, 0) is 12.5 Å². The Labute approximate surface area is 100 Å². The molecule has 16 heavy (non-hydrogen) atoms. The fourth-order valence-electron chi connectivity index (χ4n) is 1.28. The normalized spacial score (nSPS) is 14.2. The van der Waals surface area contributed by atoms with Crippen LogP contribution < -0.4 is 0 Å². The molecule has 1 atom stereocenters. The summed E-state index contributed by atoms with van der Waals surface area (Å²) in [4.78, 5) is 0. The van der Waals surface area contributed by atoms with Gasteiger partial charge in [0.05, 0.1) is 20.8 Å². The first-order chi connectivity index (χ1) is 7.47. The molecule has 0 radical (unpaired) electrons. The highest BCUT2D eigenvalue weighted by Gasteiger charge is 2.08. The highest BCUT2D eigenvalue weighted by molar-refractivity contribution is 6.80. The van der Waals surface area contributed by atoms with E-state index in [9.17, 15) is 0 Å². The van der Waals surface area contributed by atoms with Gasteiger partial charge in [0.1, 0.15) is 0 Å². The number of hydrogen-bond donors (Lipinski definition) is 0. The molecule has 0 N–H and O–H groups in total. The van der Waals surface area contributed by atoms with E-state index >= 15 is 0 Å². The molecule has 1 rings (SSSR count). The van der Waals surface area contributed by atoms with Crippen molar-refractivity contribution in [2.75, 3.05) is 0 Å². The highest BCUT2D eigenvalue weighted by atomic mass is 28.3. The minimum Gasteiger partial charge on any atom is -0.370 e. The molecule has 1 unspecified atom stereocenters. The third kappa shape index (κ3) is 5.88. The summed E-state index contributed by atoms with van der Waals surface area (Å²) in [7, 11) is -1.09. The third-order valence-electron chi connectivity index (χ3n) is 2.22. The van der Waals surface area contributed by atoms with E-state index in [1.54, 1.807) is 0 Å². The van der Waals surface area contributed by atoms with Crippen LogP contribution in [0, 0.1) is 0 Å². The Balaban J connectivity index is 2.36. The molecule has 0 saturated carbocycles. The molecule has 0 heterocycles. The minimum atomic E-state index is -1.09. The van der Waals surface area contributed by atoms with E-state index in [4.69, 9.17) is 4.74 Å². The summed E-state index contributed by atoms with van der Waals surface area (Å²) in [5, 5.41) is 0. The summed E-state index contributed by atoms with van der Waals surface area (Å²) in [6, 6.07) is 10.3. The SMILES string of the molecule is CC(/C=C/[Si](C)(C)C)OCc1ccccc1. The van der Waals surface area contributed by atoms with Crippen LogP contribution in [0.15, 0.2) is 42.1 Å². The zero-order chi connectivity index (χ0) is 12.0. The molecule has 0 spiro atoms. The topological polar surface area (TPSA) is 9.23 Å². The largest absolute Gasteiger partial charge is 0.370 e. The molecule has 1 aromatic carbocycles. The second-order valence-corrected chi connectivity index (χ2v) is 10.3. The smallest absolute Gasteiger partial charge is 0.0728 e. The lowest BCUT2D eigenvalue weighted by Crippen LogP contribution is -2.17. The van der Waals surface area contributed by atoms with Gasteiger partial charge in [-0.3, -0.25) is 0 Å². The third-order valence-corrected chi connectivity index (χ3v) is 3.42. The van der Waals surface area contributed by atoms with Gasteiger partial charge in [0.2, 0.25) is 0 Å². The first kappa shape index (κ1) is 13.2. The number of benzene rings is 1. The molecule has 1 aromatic rings. The van der Waals surface area contributed by atoms with Gasteiger partial charge in [-0.1, -0.05) is 61.7 Å². The van der Waals surface area contributed by atoms with E-state index in [1.807, 2.05) is 18.2 Å². The molecule has 0 saturated heterocycles. The summed E-state index contributed by atoms with van der Waals surface area (Å²) in [6.07, 6.45) is 2.39. The second kappa shape index (κ2) is 6.02. The maximum atomic E-state index is 5.76. The lowest BCUT2D eigenvalue weighted by Gasteiger charge is -2.12. The minimum absolute atomic E-state index is 0.201. The van der Waals surface area contributed by atoms with Crippen LogP contribution in [0.4, 0.5) is 0 Å². The van der Waals surface area contributed by atoms with Crippen LogP contribution in [0.1, 0.15) is 12.5 Å². The van der Waals surface area contributed by atoms with Gasteiger partial charge in [-0.25, -0.2) is 0 Å². The Kier molecular flexibility index (Phi) is 4.96. The molecular formula is C14H22OSi. The van der Waals surface area contributed by atoms with Crippen molar-refractivity contribution in [3.05, 3.63) is 47.7 Å². The molecule has 88 valence electrons. The first-order valence-corrected chi connectivity index (χ1v) is 9.40. The molecule has 1 nitrogen and oxygen atoms in total. The van der Waals surface area contributed by atoms with E-state index < -0.39 is 8.07 Å². The van der Waals surface area contributed by atoms with Gasteiger partial charge in [-0.2, -0.15) is 0 Å². The summed E-state index contributed by atoms with van der Waals surface area (Å²) < 4.78 is 5.76. The van der Waals surface area contributed by atoms with E-state index in [0.717, 1.165) is 0 Å². The van der Waals surface area contributed by atoms with Crippen LogP contribution in [0.25, 0.3) is 0 Å². The molecule has 0 bridgehead atoms. The molecule has 0 aliphatic carbocycles. The van der Waals surface area contributed by atoms with Crippen LogP contribution >= 0.6 is 0 Å². The molecular weight excluding hydrogens is 212 g/mol. The van der Waals surface area contributed by atoms with Crippen LogP contribution in [0.5, 0.6) is 0 Å². The predicted molar refractivity (Wildman–Crippen MR) is 73.2 cm³/mol. The number of ether oxygens (including phenoxy) is 1. The van der Waals surface area contributed by atoms with Gasteiger partial charge < -0.3 is 4.74 Å². The van der Waals surface area contributed by atoms with Crippen molar-refractivity contribution in [3.63, 3.8) is 0 Å². The van der Waals surface area contributed by atoms with Crippen LogP contribution in [0.3, 0.4) is 0 Å². The summed E-state index contributed by atoms with van der Waals surface area (Å²) in [5.41, 5.74) is 3.57. The van der Waals surface area contributed by atoms with Gasteiger partial charge in [0.25, 0.3) is 0 Å². The van der Waals surface area contributed by atoms with Crippen molar-refractivity contribution in [2.45, 2.75) is 39.3 Å². The number of hydrogen-bond acceptors (Lipinski definition) is 1. The highest BCUT2D eigenvalue weighted by Crippen LogP contribution is 2.07. The second-order valence-electron chi connectivity index (χ2n) is 5.23. The maximum absolute atomic E-state index is 5.76. The average molecular weight is 234 g/mol. The fourth-order valence-corrected chi connectivity index (χ4v) is 2.13. The average Bonchev–Trinajstić information content (AvgIpc) is 2.24. The summed E-state index contributed by atoms with van der Waals surface area (Å²) >= 11 is 0. The standard InChI is InChI=1S/C14H22OSi/c1-13(10-11-16(2,3)4)15-12-14-8-6-5-7-9-14/h5-11,13H,12H2,1-4H3/b11-10+. The van der Waals surface area contributed by atoms with E-state index in [-0.39, 0.29) is 6.10 Å². The van der Waals surface area contributed by atoms with E-state index in [1.165, 1.54) is 5.56 Å². The van der Waals surface area contributed by atoms with Crippen molar-refractivity contribution < 1.29 is 4.74 Å². The predicted octanol–water partition coefficient (Wildman–Crippen LogP) is 4.03. The van der Waals surface area contributed by atoms with Crippen molar-refractivity contribution in [1.82, 2.24) is 0 Å². The first-order valence-electron chi connectivity index (χ1n) is 5.82. The molecule has 0 aromatic heterocycles. The Morgan fingerprint density at radius 3 is 2.38 bits per heavy atom. The zero-order valence-electron chi connectivity index (χ0n) is 10.7.